The molecule has 0 aromatic heterocycles. The zero-order valence-corrected chi connectivity index (χ0v) is 4.59. The van der Waals surface area contributed by atoms with Gasteiger partial charge in [0.15, 0.2) is 0 Å². The molecular weight excluding hydrogens is 98.1 g/mol. The van der Waals surface area contributed by atoms with E-state index >= 15 is 0 Å². The summed E-state index contributed by atoms with van der Waals surface area (Å²) in [5, 5.41) is 0. The molecule has 0 unspecified atom stereocenters. The average molecular weight is 107 g/mol. The molecule has 0 bridgehead atoms. The molecule has 0 aliphatic rings. The van der Waals surface area contributed by atoms with E-state index in [0.717, 1.165) is 5.56 Å². The molecule has 0 aliphatic carbocycles. The van der Waals surface area contributed by atoms with Crippen molar-refractivity contribution in [3.05, 3.63) is 35.9 Å². The lowest BCUT2D eigenvalue weighted by molar-refractivity contribution is 1.07. The monoisotopic (exact) mass is 107 g/mol. The summed E-state index contributed by atoms with van der Waals surface area (Å²) in [6, 6.07) is 10.6. The van der Waals surface area contributed by atoms with Gasteiger partial charge in [0.25, 0.3) is 0 Å². The largest absolute Gasteiger partial charge is 1.00 e. The van der Waals surface area contributed by atoms with E-state index in [-0.39, 0.29) is 1.43 Å². The number of rotatable bonds is 1. The third-order valence-electron chi connectivity index (χ3n) is 1.02. The first-order valence-electron chi connectivity index (χ1n) is 2.58. The van der Waals surface area contributed by atoms with Gasteiger partial charge in [-0.15, -0.1) is 0 Å². The smallest absolute Gasteiger partial charge is 0.326 e. The Bertz CT molecular complexity index is 150. The molecule has 0 fully saturated rings. The second-order valence-corrected chi connectivity index (χ2v) is 1.61. The number of hydrogen-bond acceptors (Lipinski definition) is 1. The van der Waals surface area contributed by atoms with Crippen molar-refractivity contribution < 1.29 is 1.43 Å². The van der Waals surface area contributed by atoms with E-state index in [9.17, 15) is 0 Å². The zero-order chi connectivity index (χ0) is 5.82. The van der Waals surface area contributed by atoms with Crippen LogP contribution in [-0.4, -0.2) is 0 Å². The fourth-order valence-corrected chi connectivity index (χ4v) is 0.557. The molecule has 1 aromatic carbocycles. The Labute approximate surface area is 50.6 Å². The SMILES string of the molecule is NCc1cc[c]cc1.[H+]. The molecule has 41 valence electrons. The summed E-state index contributed by atoms with van der Waals surface area (Å²) in [6.07, 6.45) is 0. The quantitative estimate of drug-likeness (QED) is 0.570. The van der Waals surface area contributed by atoms with Crippen molar-refractivity contribution in [1.29, 1.82) is 0 Å². The molecule has 0 aliphatic heterocycles. The summed E-state index contributed by atoms with van der Waals surface area (Å²) in [7, 11) is 0. The van der Waals surface area contributed by atoms with E-state index < -0.39 is 0 Å². The summed E-state index contributed by atoms with van der Waals surface area (Å²) in [4.78, 5) is 0. The standard InChI is InChI=1S/C7H8N/c8-6-7-4-2-1-3-5-7/h2-5H,6,8H2/p+1. The lowest BCUT2D eigenvalue weighted by atomic mass is 10.2. The highest BCUT2D eigenvalue weighted by Crippen LogP contribution is 1.93. The fraction of sp³-hybridized carbons (Fsp3) is 0.143. The normalized spacial score (nSPS) is 9.12. The Balaban J connectivity index is 0.000000640. The zero-order valence-electron chi connectivity index (χ0n) is 5.59. The maximum atomic E-state index is 5.34. The topological polar surface area (TPSA) is 26.0 Å². The number of benzene rings is 1. The van der Waals surface area contributed by atoms with E-state index in [1.807, 2.05) is 24.3 Å². The van der Waals surface area contributed by atoms with Gasteiger partial charge in [0.05, 0.1) is 0 Å². The third-order valence-corrected chi connectivity index (χ3v) is 1.02. The molecule has 1 radical (unpaired) electrons. The molecule has 1 rings (SSSR count). The fourth-order valence-electron chi connectivity index (χ4n) is 0.557. The number of hydrogen-bond donors (Lipinski definition) is 1. The van der Waals surface area contributed by atoms with Crippen LogP contribution in [0.2, 0.25) is 0 Å². The molecule has 1 nitrogen and oxygen atoms in total. The van der Waals surface area contributed by atoms with Crippen LogP contribution in [0.3, 0.4) is 0 Å². The van der Waals surface area contributed by atoms with Gasteiger partial charge in [0.2, 0.25) is 0 Å². The Morgan fingerprint density at radius 2 is 2.12 bits per heavy atom. The van der Waals surface area contributed by atoms with E-state index in [0.29, 0.717) is 6.54 Å². The summed E-state index contributed by atoms with van der Waals surface area (Å²) in [6.45, 7) is 0.620. The van der Waals surface area contributed by atoms with Gasteiger partial charge in [0, 0.05) is 6.54 Å². The summed E-state index contributed by atoms with van der Waals surface area (Å²) in [5.41, 5.74) is 6.49. The maximum Gasteiger partial charge on any atom is 1.00 e. The first-order valence-corrected chi connectivity index (χ1v) is 2.58. The van der Waals surface area contributed by atoms with Crippen molar-refractivity contribution >= 4 is 0 Å². The van der Waals surface area contributed by atoms with Gasteiger partial charge in [-0.3, -0.25) is 0 Å². The minimum atomic E-state index is 0. The average Bonchev–Trinajstić information content (AvgIpc) is 1.90. The van der Waals surface area contributed by atoms with E-state index in [1.165, 1.54) is 0 Å². The van der Waals surface area contributed by atoms with Gasteiger partial charge in [-0.05, 0) is 11.6 Å². The first kappa shape index (κ1) is 5.32. The van der Waals surface area contributed by atoms with Crippen molar-refractivity contribution in [2.24, 2.45) is 5.73 Å². The molecule has 0 saturated heterocycles. The highest BCUT2D eigenvalue weighted by atomic mass is 14.5. The minimum absolute atomic E-state index is 0. The van der Waals surface area contributed by atoms with Gasteiger partial charge < -0.3 is 5.73 Å². The van der Waals surface area contributed by atoms with Crippen LogP contribution in [0.15, 0.2) is 24.3 Å². The molecule has 0 spiro atoms. The Morgan fingerprint density at radius 3 is 2.50 bits per heavy atom. The Kier molecular flexibility index (Phi) is 1.65. The van der Waals surface area contributed by atoms with Crippen molar-refractivity contribution in [2.75, 3.05) is 0 Å². The minimum Gasteiger partial charge on any atom is -0.326 e. The van der Waals surface area contributed by atoms with Gasteiger partial charge in [-0.25, -0.2) is 0 Å². The van der Waals surface area contributed by atoms with Gasteiger partial charge in [-0.2, -0.15) is 0 Å². The molecule has 1 aromatic rings. The predicted octanol–water partition coefficient (Wildman–Crippen LogP) is 1.06. The Hall–Kier alpha value is -0.820. The van der Waals surface area contributed by atoms with Crippen molar-refractivity contribution in [1.82, 2.24) is 0 Å². The molecular formula is C7H9N+. The van der Waals surface area contributed by atoms with Crippen LogP contribution in [0.25, 0.3) is 0 Å². The van der Waals surface area contributed by atoms with Gasteiger partial charge in [-0.1, -0.05) is 24.3 Å². The highest BCUT2D eigenvalue weighted by Gasteiger charge is 1.80. The lowest BCUT2D eigenvalue weighted by Crippen LogP contribution is -1.94. The van der Waals surface area contributed by atoms with E-state index in [2.05, 4.69) is 6.07 Å². The van der Waals surface area contributed by atoms with E-state index in [1.54, 1.807) is 0 Å². The third kappa shape index (κ3) is 1.07. The maximum absolute atomic E-state index is 5.34. The van der Waals surface area contributed by atoms with Crippen molar-refractivity contribution in [2.45, 2.75) is 6.54 Å². The van der Waals surface area contributed by atoms with Crippen LogP contribution in [-0.2, 0) is 6.54 Å². The molecule has 0 amide bonds. The predicted molar refractivity (Wildman–Crippen MR) is 34.3 cm³/mol. The van der Waals surface area contributed by atoms with Gasteiger partial charge in [0.1, 0.15) is 0 Å². The summed E-state index contributed by atoms with van der Waals surface area (Å²) >= 11 is 0. The summed E-state index contributed by atoms with van der Waals surface area (Å²) < 4.78 is 0. The van der Waals surface area contributed by atoms with Crippen LogP contribution < -0.4 is 5.73 Å². The molecule has 0 atom stereocenters. The molecule has 8 heavy (non-hydrogen) atoms. The summed E-state index contributed by atoms with van der Waals surface area (Å²) in [5.74, 6) is 0. The van der Waals surface area contributed by atoms with Crippen LogP contribution in [0.4, 0.5) is 0 Å². The van der Waals surface area contributed by atoms with Crippen LogP contribution >= 0.6 is 0 Å². The van der Waals surface area contributed by atoms with Crippen LogP contribution in [0.5, 0.6) is 0 Å². The lowest BCUT2D eigenvalue weighted by Gasteiger charge is -1.89. The van der Waals surface area contributed by atoms with Gasteiger partial charge >= 0.3 is 1.43 Å². The number of nitrogens with two attached hydrogens (primary N) is 1. The first-order chi connectivity index (χ1) is 3.93. The van der Waals surface area contributed by atoms with Crippen molar-refractivity contribution in [3.8, 4) is 0 Å². The second kappa shape index (κ2) is 2.48. The molecule has 0 heterocycles. The molecule has 0 saturated carbocycles. The second-order valence-electron chi connectivity index (χ2n) is 1.61. The van der Waals surface area contributed by atoms with E-state index in [4.69, 9.17) is 5.73 Å². The Morgan fingerprint density at radius 1 is 1.50 bits per heavy atom. The van der Waals surface area contributed by atoms with Crippen LogP contribution in [0.1, 0.15) is 6.99 Å². The van der Waals surface area contributed by atoms with Crippen molar-refractivity contribution in [3.63, 3.8) is 0 Å². The molecule has 2 N–H and O–H groups in total. The van der Waals surface area contributed by atoms with Crippen LogP contribution in [0, 0.1) is 6.07 Å². The highest BCUT2D eigenvalue weighted by molar-refractivity contribution is 5.12. The molecule has 1 heteroatoms.